The van der Waals surface area contributed by atoms with Gasteiger partial charge in [0, 0.05) is 32.1 Å². The van der Waals surface area contributed by atoms with E-state index >= 15 is 0 Å². The first-order valence-electron chi connectivity index (χ1n) is 5.69. The van der Waals surface area contributed by atoms with E-state index in [1.807, 2.05) is 18.7 Å². The molecule has 2 rings (SSSR count). The third-order valence-electron chi connectivity index (χ3n) is 3.14. The fourth-order valence-corrected chi connectivity index (χ4v) is 2.83. The number of ether oxygens (including phenoxy) is 1. The molecule has 0 radical (unpaired) electrons. The number of aryl methyl sites for hydroxylation is 2. The molecule has 1 fully saturated rings. The molecule has 1 saturated heterocycles. The van der Waals surface area contributed by atoms with Crippen LogP contribution in [0, 0.1) is 6.92 Å². The van der Waals surface area contributed by atoms with Gasteiger partial charge in [0.2, 0.25) is 0 Å². The van der Waals surface area contributed by atoms with Crippen LogP contribution in [0.2, 0.25) is 0 Å². The second-order valence-electron chi connectivity index (χ2n) is 4.32. The van der Waals surface area contributed by atoms with Crippen molar-refractivity contribution < 1.29 is 4.74 Å². The van der Waals surface area contributed by atoms with E-state index in [4.69, 9.17) is 16.3 Å². The Morgan fingerprint density at radius 1 is 1.59 bits per heavy atom. The zero-order valence-corrected chi connectivity index (χ0v) is 12.5. The van der Waals surface area contributed by atoms with Crippen molar-refractivity contribution in [3.63, 3.8) is 0 Å². The lowest BCUT2D eigenvalue weighted by atomic mass is 10.2. The van der Waals surface area contributed by atoms with E-state index in [2.05, 4.69) is 25.9 Å². The average Bonchev–Trinajstić information content (AvgIpc) is 2.57. The Labute approximate surface area is 115 Å². The first kappa shape index (κ1) is 13.3. The number of hydrogen-bond donors (Lipinski definition) is 0. The van der Waals surface area contributed by atoms with Crippen LogP contribution >= 0.6 is 27.5 Å². The summed E-state index contributed by atoms with van der Waals surface area (Å²) in [7, 11) is 1.98. The summed E-state index contributed by atoms with van der Waals surface area (Å²) in [6, 6.07) is 0.299. The average molecular weight is 323 g/mol. The molecule has 0 spiro atoms. The molecule has 17 heavy (non-hydrogen) atoms. The first-order chi connectivity index (χ1) is 8.13. The van der Waals surface area contributed by atoms with Crippen molar-refractivity contribution in [2.24, 2.45) is 7.05 Å². The molecule has 0 aromatic carbocycles. The number of rotatable bonds is 3. The molecule has 1 aliphatic heterocycles. The van der Waals surface area contributed by atoms with Crippen LogP contribution in [-0.4, -0.2) is 46.4 Å². The van der Waals surface area contributed by atoms with E-state index in [-0.39, 0.29) is 0 Å². The van der Waals surface area contributed by atoms with E-state index in [1.165, 1.54) is 5.69 Å². The van der Waals surface area contributed by atoms with Gasteiger partial charge in [0.1, 0.15) is 0 Å². The Balaban J connectivity index is 2.13. The standard InChI is InChI=1S/C11H17BrClN3O/c1-8-11(12)10(15(2)14-8)6-16-3-4-17-7-9(16)5-13/h9H,3-7H2,1-2H3. The van der Waals surface area contributed by atoms with Crippen molar-refractivity contribution in [1.82, 2.24) is 14.7 Å². The van der Waals surface area contributed by atoms with Crippen LogP contribution in [-0.2, 0) is 18.3 Å². The van der Waals surface area contributed by atoms with E-state index in [0.717, 1.165) is 36.5 Å². The second kappa shape index (κ2) is 5.69. The zero-order chi connectivity index (χ0) is 12.4. The lowest BCUT2D eigenvalue weighted by Crippen LogP contribution is -2.46. The maximum atomic E-state index is 5.97. The Morgan fingerprint density at radius 3 is 2.94 bits per heavy atom. The van der Waals surface area contributed by atoms with Crippen LogP contribution < -0.4 is 0 Å². The third-order valence-corrected chi connectivity index (χ3v) is 4.53. The van der Waals surface area contributed by atoms with Crippen LogP contribution in [0.4, 0.5) is 0 Å². The minimum Gasteiger partial charge on any atom is -0.378 e. The lowest BCUT2D eigenvalue weighted by Gasteiger charge is -2.34. The van der Waals surface area contributed by atoms with E-state index in [9.17, 15) is 0 Å². The lowest BCUT2D eigenvalue weighted by molar-refractivity contribution is -0.00414. The minimum atomic E-state index is 0.299. The number of alkyl halides is 1. The van der Waals surface area contributed by atoms with Gasteiger partial charge >= 0.3 is 0 Å². The predicted octanol–water partition coefficient (Wildman–Crippen LogP) is 1.93. The smallest absolute Gasteiger partial charge is 0.0739 e. The zero-order valence-electron chi connectivity index (χ0n) is 10.1. The van der Waals surface area contributed by atoms with Crippen molar-refractivity contribution in [2.45, 2.75) is 19.5 Å². The molecule has 1 aliphatic rings. The summed E-state index contributed by atoms with van der Waals surface area (Å²) < 4.78 is 8.47. The maximum absolute atomic E-state index is 5.97. The van der Waals surface area contributed by atoms with Crippen molar-refractivity contribution in [3.8, 4) is 0 Å². The Hall–Kier alpha value is -0.100. The summed E-state index contributed by atoms with van der Waals surface area (Å²) in [5, 5.41) is 4.41. The highest BCUT2D eigenvalue weighted by molar-refractivity contribution is 9.10. The maximum Gasteiger partial charge on any atom is 0.0739 e. The molecule has 0 aliphatic carbocycles. The highest BCUT2D eigenvalue weighted by atomic mass is 79.9. The fraction of sp³-hybridized carbons (Fsp3) is 0.727. The Morgan fingerprint density at radius 2 is 2.35 bits per heavy atom. The van der Waals surface area contributed by atoms with Gasteiger partial charge in [-0.1, -0.05) is 0 Å². The highest BCUT2D eigenvalue weighted by Gasteiger charge is 2.24. The van der Waals surface area contributed by atoms with Gasteiger partial charge in [-0.25, -0.2) is 0 Å². The summed E-state index contributed by atoms with van der Waals surface area (Å²) in [6.07, 6.45) is 0. The molecule has 4 nitrogen and oxygen atoms in total. The highest BCUT2D eigenvalue weighted by Crippen LogP contribution is 2.23. The van der Waals surface area contributed by atoms with E-state index in [1.54, 1.807) is 0 Å². The molecule has 1 unspecified atom stereocenters. The van der Waals surface area contributed by atoms with E-state index < -0.39 is 0 Å². The van der Waals surface area contributed by atoms with Gasteiger partial charge in [-0.2, -0.15) is 5.10 Å². The quantitative estimate of drug-likeness (QED) is 0.797. The fourth-order valence-electron chi connectivity index (χ4n) is 2.08. The van der Waals surface area contributed by atoms with Crippen molar-refractivity contribution >= 4 is 27.5 Å². The number of hydrogen-bond acceptors (Lipinski definition) is 3. The number of halogens is 2. The van der Waals surface area contributed by atoms with Crippen LogP contribution in [0.1, 0.15) is 11.4 Å². The molecule has 1 aromatic heterocycles. The predicted molar refractivity (Wildman–Crippen MR) is 71.4 cm³/mol. The molecule has 0 bridgehead atoms. The van der Waals surface area contributed by atoms with Crippen molar-refractivity contribution in [3.05, 3.63) is 15.9 Å². The molecule has 0 amide bonds. The van der Waals surface area contributed by atoms with Crippen LogP contribution in [0.25, 0.3) is 0 Å². The Kier molecular flexibility index (Phi) is 4.47. The van der Waals surface area contributed by atoms with E-state index in [0.29, 0.717) is 11.9 Å². The first-order valence-corrected chi connectivity index (χ1v) is 7.02. The number of nitrogens with zero attached hydrogens (tertiary/aromatic N) is 3. The molecule has 96 valence electrons. The monoisotopic (exact) mass is 321 g/mol. The molecule has 2 heterocycles. The number of morpholine rings is 1. The van der Waals surface area contributed by atoms with Gasteiger partial charge in [-0.3, -0.25) is 9.58 Å². The summed E-state index contributed by atoms with van der Waals surface area (Å²) >= 11 is 9.57. The van der Waals surface area contributed by atoms with Crippen LogP contribution in [0.3, 0.4) is 0 Å². The van der Waals surface area contributed by atoms with Crippen molar-refractivity contribution in [1.29, 1.82) is 0 Å². The van der Waals surface area contributed by atoms with Gasteiger partial charge < -0.3 is 4.74 Å². The second-order valence-corrected chi connectivity index (χ2v) is 5.42. The molecular weight excluding hydrogens is 305 g/mol. The van der Waals surface area contributed by atoms with Gasteiger partial charge in [0.25, 0.3) is 0 Å². The summed E-state index contributed by atoms with van der Waals surface area (Å²) in [6.45, 7) is 5.29. The number of aromatic nitrogens is 2. The summed E-state index contributed by atoms with van der Waals surface area (Å²) in [5.74, 6) is 0.606. The summed E-state index contributed by atoms with van der Waals surface area (Å²) in [4.78, 5) is 2.36. The van der Waals surface area contributed by atoms with Gasteiger partial charge in [-0.05, 0) is 22.9 Å². The molecule has 0 N–H and O–H groups in total. The van der Waals surface area contributed by atoms with Crippen molar-refractivity contribution in [2.75, 3.05) is 25.6 Å². The molecule has 1 atom stereocenters. The molecule has 0 saturated carbocycles. The minimum absolute atomic E-state index is 0.299. The van der Waals surface area contributed by atoms with Crippen LogP contribution in [0.5, 0.6) is 0 Å². The molecule has 6 heteroatoms. The molecule has 1 aromatic rings. The van der Waals surface area contributed by atoms with Crippen LogP contribution in [0.15, 0.2) is 4.47 Å². The molecular formula is C11H17BrClN3O. The van der Waals surface area contributed by atoms with Gasteiger partial charge in [0.15, 0.2) is 0 Å². The van der Waals surface area contributed by atoms with Gasteiger partial charge in [0.05, 0.1) is 29.1 Å². The Bertz CT molecular complexity index is 396. The summed E-state index contributed by atoms with van der Waals surface area (Å²) in [5.41, 5.74) is 2.22. The largest absolute Gasteiger partial charge is 0.378 e. The normalized spacial score (nSPS) is 22.0. The topological polar surface area (TPSA) is 30.3 Å². The SMILES string of the molecule is Cc1nn(C)c(CN2CCOCC2CCl)c1Br. The third kappa shape index (κ3) is 2.84. The van der Waals surface area contributed by atoms with Gasteiger partial charge in [-0.15, -0.1) is 11.6 Å².